The first-order valence-corrected chi connectivity index (χ1v) is 9.25. The van der Waals surface area contributed by atoms with Crippen LogP contribution in [0.4, 0.5) is 29.3 Å². The number of nitrogens with zero attached hydrogens (tertiary/aromatic N) is 2. The van der Waals surface area contributed by atoms with Gasteiger partial charge >= 0.3 is 12.2 Å². The lowest BCUT2D eigenvalue weighted by Gasteiger charge is -2.23. The van der Waals surface area contributed by atoms with Crippen LogP contribution in [0.1, 0.15) is 12.5 Å². The molecule has 0 bridgehead atoms. The highest BCUT2D eigenvalue weighted by atomic mass is 35.5. The number of hydrogen-bond acceptors (Lipinski definition) is 3. The number of carbonyl (C=O) groups excluding carboxylic acids is 1. The first-order valence-electron chi connectivity index (χ1n) is 7.99. The van der Waals surface area contributed by atoms with Crippen LogP contribution in [-0.2, 0) is 6.18 Å². The molecular weight excluding hydrogens is 399 g/mol. The smallest absolute Gasteiger partial charge is 0.307 e. The molecule has 2 aromatic carbocycles. The van der Waals surface area contributed by atoms with Crippen molar-refractivity contribution < 1.29 is 18.0 Å². The fourth-order valence-electron chi connectivity index (χ4n) is 2.47. The molecule has 2 aromatic rings. The average molecular weight is 414 g/mol. The first kappa shape index (κ1) is 19.6. The van der Waals surface area contributed by atoms with Gasteiger partial charge in [-0.05, 0) is 36.4 Å². The number of hydrogen-bond donors (Lipinski definition) is 1. The maximum Gasteiger partial charge on any atom is 0.416 e. The zero-order valence-electron chi connectivity index (χ0n) is 14.1. The molecule has 142 valence electrons. The molecule has 0 unspecified atom stereocenters. The Bertz CT molecular complexity index is 888. The van der Waals surface area contributed by atoms with Gasteiger partial charge in [-0.3, -0.25) is 4.99 Å². The van der Waals surface area contributed by atoms with Crippen molar-refractivity contribution >= 4 is 45.9 Å². The third kappa shape index (κ3) is 4.75. The molecule has 3 rings (SSSR count). The van der Waals surface area contributed by atoms with Crippen molar-refractivity contribution in [2.45, 2.75) is 18.3 Å². The number of carbonyl (C=O) groups is 1. The summed E-state index contributed by atoms with van der Waals surface area (Å²) in [6, 6.07) is 10.5. The van der Waals surface area contributed by atoms with E-state index in [1.807, 2.05) is 6.92 Å². The molecular formula is C18H15ClF3N3OS. The van der Waals surface area contributed by atoms with Crippen molar-refractivity contribution in [1.82, 2.24) is 0 Å². The number of benzene rings is 2. The Morgan fingerprint density at radius 2 is 2.00 bits per heavy atom. The number of anilines is 2. The predicted molar refractivity (Wildman–Crippen MR) is 104 cm³/mol. The Morgan fingerprint density at radius 3 is 2.63 bits per heavy atom. The lowest BCUT2D eigenvalue weighted by molar-refractivity contribution is -0.137. The van der Waals surface area contributed by atoms with E-state index in [0.717, 1.165) is 12.1 Å². The van der Waals surface area contributed by atoms with E-state index >= 15 is 0 Å². The molecule has 2 amide bonds. The Hall–Kier alpha value is -2.19. The summed E-state index contributed by atoms with van der Waals surface area (Å²) in [5.41, 5.74) is -0.318. The van der Waals surface area contributed by atoms with Crippen LogP contribution >= 0.6 is 23.4 Å². The van der Waals surface area contributed by atoms with Gasteiger partial charge in [0.25, 0.3) is 0 Å². The van der Waals surface area contributed by atoms with Crippen molar-refractivity contribution in [3.63, 3.8) is 0 Å². The zero-order chi connectivity index (χ0) is 19.6. The van der Waals surface area contributed by atoms with E-state index in [4.69, 9.17) is 11.6 Å². The minimum absolute atomic E-state index is 0.0403. The molecule has 0 fully saturated rings. The second kappa shape index (κ2) is 7.82. The van der Waals surface area contributed by atoms with Crippen LogP contribution in [0.15, 0.2) is 53.5 Å². The first-order chi connectivity index (χ1) is 12.7. The van der Waals surface area contributed by atoms with Crippen LogP contribution in [-0.4, -0.2) is 23.0 Å². The second-order valence-electron chi connectivity index (χ2n) is 5.88. The molecule has 0 spiro atoms. The molecule has 1 aliphatic heterocycles. The van der Waals surface area contributed by atoms with Gasteiger partial charge in [0, 0.05) is 16.0 Å². The van der Waals surface area contributed by atoms with E-state index in [-0.39, 0.29) is 10.9 Å². The number of halogens is 4. The van der Waals surface area contributed by atoms with Gasteiger partial charge in [0.2, 0.25) is 0 Å². The fraction of sp³-hybridized carbons (Fsp3) is 0.222. The Morgan fingerprint density at radius 1 is 1.26 bits per heavy atom. The van der Waals surface area contributed by atoms with Gasteiger partial charge in [-0.25, -0.2) is 9.69 Å². The summed E-state index contributed by atoms with van der Waals surface area (Å²) in [6.45, 7) is 2.52. The second-order valence-corrected chi connectivity index (χ2v) is 7.72. The van der Waals surface area contributed by atoms with Crippen molar-refractivity contribution in [3.8, 4) is 0 Å². The maximum atomic E-state index is 12.9. The third-order valence-electron chi connectivity index (χ3n) is 3.69. The number of aliphatic imine (C=N–C) groups is 1. The maximum absolute atomic E-state index is 12.9. The summed E-state index contributed by atoms with van der Waals surface area (Å²) in [7, 11) is 0. The molecule has 4 nitrogen and oxygen atoms in total. The number of alkyl halides is 3. The van der Waals surface area contributed by atoms with Gasteiger partial charge in [0.1, 0.15) is 0 Å². The number of amidine groups is 1. The summed E-state index contributed by atoms with van der Waals surface area (Å²) in [6.07, 6.45) is -4.49. The fourth-order valence-corrected chi connectivity index (χ4v) is 3.60. The van der Waals surface area contributed by atoms with E-state index < -0.39 is 17.8 Å². The summed E-state index contributed by atoms with van der Waals surface area (Å²) < 4.78 is 38.7. The minimum atomic E-state index is -4.49. The van der Waals surface area contributed by atoms with Crippen LogP contribution in [0.2, 0.25) is 5.02 Å². The molecule has 0 aromatic heterocycles. The third-order valence-corrected chi connectivity index (χ3v) is 5.00. The minimum Gasteiger partial charge on any atom is -0.307 e. The van der Waals surface area contributed by atoms with Crippen LogP contribution in [0.3, 0.4) is 0 Å². The Labute approximate surface area is 163 Å². The molecule has 27 heavy (non-hydrogen) atoms. The molecule has 0 aliphatic carbocycles. The van der Waals surface area contributed by atoms with Gasteiger partial charge in [0.15, 0.2) is 5.17 Å². The van der Waals surface area contributed by atoms with Gasteiger partial charge in [-0.2, -0.15) is 13.2 Å². The van der Waals surface area contributed by atoms with E-state index in [1.165, 1.54) is 28.8 Å². The van der Waals surface area contributed by atoms with Gasteiger partial charge < -0.3 is 5.32 Å². The highest BCUT2D eigenvalue weighted by Gasteiger charge is 2.31. The summed E-state index contributed by atoms with van der Waals surface area (Å²) in [5.74, 6) is 0. The normalized spacial score (nSPS) is 16.8. The highest BCUT2D eigenvalue weighted by molar-refractivity contribution is 8.15. The number of rotatable bonds is 2. The number of amides is 2. The molecule has 9 heteroatoms. The topological polar surface area (TPSA) is 44.7 Å². The van der Waals surface area contributed by atoms with Crippen molar-refractivity contribution in [2.75, 3.05) is 16.8 Å². The number of thioether (sulfide) groups is 1. The summed E-state index contributed by atoms with van der Waals surface area (Å²) in [4.78, 5) is 18.6. The standard InChI is InChI=1S/C18H15ClF3N3OS/c1-11-10-23-17(27-11)25(15-7-3-5-13(19)9-15)16(26)24-14-6-2-4-12(8-14)18(20,21)22/h2-9,11H,10H2,1H3,(H,24,26)/t11-/m1/s1. The zero-order valence-corrected chi connectivity index (χ0v) is 15.7. The van der Waals surface area contributed by atoms with E-state index in [2.05, 4.69) is 10.3 Å². The summed E-state index contributed by atoms with van der Waals surface area (Å²) in [5, 5.41) is 3.61. The lowest BCUT2D eigenvalue weighted by atomic mass is 10.2. The van der Waals surface area contributed by atoms with Gasteiger partial charge in [-0.15, -0.1) is 0 Å². The monoisotopic (exact) mass is 413 g/mol. The Kier molecular flexibility index (Phi) is 5.67. The quantitative estimate of drug-likeness (QED) is 0.667. The van der Waals surface area contributed by atoms with Crippen LogP contribution in [0.25, 0.3) is 0 Å². The number of urea groups is 1. The molecule has 1 aliphatic rings. The number of nitrogens with one attached hydrogen (secondary N) is 1. The molecule has 0 saturated heterocycles. The van der Waals surface area contributed by atoms with Crippen molar-refractivity contribution in [3.05, 3.63) is 59.1 Å². The van der Waals surface area contributed by atoms with E-state index in [9.17, 15) is 18.0 Å². The van der Waals surface area contributed by atoms with E-state index in [1.54, 1.807) is 24.3 Å². The Balaban J connectivity index is 1.90. The SMILES string of the molecule is C[C@@H]1CN=C(N(C(=O)Nc2cccc(C(F)(F)F)c2)c2cccc(Cl)c2)S1. The lowest BCUT2D eigenvalue weighted by Crippen LogP contribution is -2.38. The van der Waals surface area contributed by atoms with Crippen LogP contribution in [0, 0.1) is 0 Å². The molecule has 1 N–H and O–H groups in total. The van der Waals surface area contributed by atoms with Gasteiger partial charge in [0.05, 0.1) is 17.8 Å². The summed E-state index contributed by atoms with van der Waals surface area (Å²) >= 11 is 7.44. The highest BCUT2D eigenvalue weighted by Crippen LogP contribution is 2.32. The molecule has 0 radical (unpaired) electrons. The average Bonchev–Trinajstić information content (AvgIpc) is 3.00. The van der Waals surface area contributed by atoms with Crippen LogP contribution < -0.4 is 10.2 Å². The largest absolute Gasteiger partial charge is 0.416 e. The van der Waals surface area contributed by atoms with Crippen LogP contribution in [0.5, 0.6) is 0 Å². The predicted octanol–water partition coefficient (Wildman–Crippen LogP) is 5.89. The van der Waals surface area contributed by atoms with Gasteiger partial charge in [-0.1, -0.05) is 42.4 Å². The molecule has 1 atom stereocenters. The van der Waals surface area contributed by atoms with E-state index in [0.29, 0.717) is 22.4 Å². The van der Waals surface area contributed by atoms with Crippen molar-refractivity contribution in [1.29, 1.82) is 0 Å². The van der Waals surface area contributed by atoms with Crippen molar-refractivity contribution in [2.24, 2.45) is 4.99 Å². The molecule has 1 heterocycles. The molecule has 0 saturated carbocycles.